The molecule has 26 heavy (non-hydrogen) atoms. The van der Waals surface area contributed by atoms with Crippen LogP contribution in [0.4, 0.5) is 0 Å². The topological polar surface area (TPSA) is 71.3 Å². The number of amides is 2. The van der Waals surface area contributed by atoms with Gasteiger partial charge < -0.3 is 9.80 Å². The number of aryl methyl sites for hydroxylation is 1. The third kappa shape index (κ3) is 3.34. The van der Waals surface area contributed by atoms with Crippen LogP contribution in [0.5, 0.6) is 0 Å². The molecule has 4 rings (SSSR count). The maximum absolute atomic E-state index is 12.9. The Labute approximate surface area is 152 Å². The summed E-state index contributed by atoms with van der Waals surface area (Å²) in [7, 11) is 1.84. The molecule has 136 valence electrons. The molecular formula is C19H23N5O2. The Balaban J connectivity index is 1.38. The number of fused-ring (bicyclic) bond motifs is 1. The molecular weight excluding hydrogens is 330 g/mol. The van der Waals surface area contributed by atoms with Crippen LogP contribution in [0.2, 0.25) is 0 Å². The molecule has 7 nitrogen and oxygen atoms in total. The third-order valence-corrected chi connectivity index (χ3v) is 5.39. The summed E-state index contributed by atoms with van der Waals surface area (Å²) in [6, 6.07) is 5.74. The lowest BCUT2D eigenvalue weighted by molar-refractivity contribution is -0.140. The standard InChI is InChI=1S/C19H23N5O2/c1-22-7-5-16(21-22)9-18(25)24-12-15-4-8-23(19(26)17(15)13-24)11-14-3-2-6-20-10-14/h2-3,5-7,10,15,17H,4,8-9,11-13H2,1H3/t15-,17-/m1/s1. The molecule has 2 saturated heterocycles. The molecule has 0 N–H and O–H groups in total. The molecule has 0 aliphatic carbocycles. The predicted molar refractivity (Wildman–Crippen MR) is 94.7 cm³/mol. The summed E-state index contributed by atoms with van der Waals surface area (Å²) < 4.78 is 1.70. The van der Waals surface area contributed by atoms with Crippen LogP contribution in [0.3, 0.4) is 0 Å². The zero-order chi connectivity index (χ0) is 18.1. The van der Waals surface area contributed by atoms with Crippen molar-refractivity contribution in [2.45, 2.75) is 19.4 Å². The number of likely N-dealkylation sites (tertiary alicyclic amines) is 2. The fraction of sp³-hybridized carbons (Fsp3) is 0.474. The highest BCUT2D eigenvalue weighted by molar-refractivity contribution is 5.84. The molecule has 2 amide bonds. The molecule has 0 radical (unpaired) electrons. The van der Waals surface area contributed by atoms with Crippen LogP contribution >= 0.6 is 0 Å². The van der Waals surface area contributed by atoms with Gasteiger partial charge in [-0.1, -0.05) is 6.07 Å². The number of pyridine rings is 1. The van der Waals surface area contributed by atoms with Gasteiger partial charge in [-0.15, -0.1) is 0 Å². The maximum atomic E-state index is 12.9. The summed E-state index contributed by atoms with van der Waals surface area (Å²) in [5.74, 6) is 0.427. The second-order valence-electron chi connectivity index (χ2n) is 7.23. The first kappa shape index (κ1) is 16.8. The smallest absolute Gasteiger partial charge is 0.228 e. The Morgan fingerprint density at radius 3 is 2.92 bits per heavy atom. The van der Waals surface area contributed by atoms with E-state index in [1.807, 2.05) is 41.2 Å². The van der Waals surface area contributed by atoms with Crippen LogP contribution in [0.1, 0.15) is 17.7 Å². The minimum Gasteiger partial charge on any atom is -0.341 e. The molecule has 0 spiro atoms. The molecule has 0 unspecified atom stereocenters. The number of rotatable bonds is 4. The van der Waals surface area contributed by atoms with Crippen molar-refractivity contribution < 1.29 is 9.59 Å². The summed E-state index contributed by atoms with van der Waals surface area (Å²) in [5, 5.41) is 4.27. The van der Waals surface area contributed by atoms with Gasteiger partial charge in [0.15, 0.2) is 0 Å². The molecule has 2 fully saturated rings. The average molecular weight is 353 g/mol. The molecule has 2 aliphatic rings. The lowest BCUT2D eigenvalue weighted by Crippen LogP contribution is -2.44. The Morgan fingerprint density at radius 2 is 2.19 bits per heavy atom. The number of hydrogen-bond donors (Lipinski definition) is 0. The fourth-order valence-corrected chi connectivity index (χ4v) is 4.01. The van der Waals surface area contributed by atoms with Crippen LogP contribution in [-0.2, 0) is 29.6 Å². The first-order valence-corrected chi connectivity index (χ1v) is 9.04. The van der Waals surface area contributed by atoms with E-state index in [2.05, 4.69) is 10.1 Å². The van der Waals surface area contributed by atoms with Gasteiger partial charge in [0.1, 0.15) is 0 Å². The molecule has 0 aromatic carbocycles. The van der Waals surface area contributed by atoms with Gasteiger partial charge >= 0.3 is 0 Å². The third-order valence-electron chi connectivity index (χ3n) is 5.39. The van der Waals surface area contributed by atoms with Crippen molar-refractivity contribution in [2.24, 2.45) is 18.9 Å². The van der Waals surface area contributed by atoms with Gasteiger partial charge in [0.25, 0.3) is 0 Å². The van der Waals surface area contributed by atoms with E-state index in [1.165, 1.54) is 0 Å². The maximum Gasteiger partial charge on any atom is 0.228 e. The normalized spacial score (nSPS) is 22.6. The van der Waals surface area contributed by atoms with Crippen LogP contribution in [-0.4, -0.2) is 56.0 Å². The summed E-state index contributed by atoms with van der Waals surface area (Å²) in [5.41, 5.74) is 1.82. The Bertz CT molecular complexity index is 803. The van der Waals surface area contributed by atoms with Crippen molar-refractivity contribution in [1.29, 1.82) is 0 Å². The molecule has 7 heteroatoms. The van der Waals surface area contributed by atoms with E-state index in [0.717, 1.165) is 24.2 Å². The Kier molecular flexibility index (Phi) is 4.44. The van der Waals surface area contributed by atoms with Gasteiger partial charge in [0.2, 0.25) is 11.8 Å². The number of carbonyl (C=O) groups excluding carboxylic acids is 2. The van der Waals surface area contributed by atoms with Crippen molar-refractivity contribution in [2.75, 3.05) is 19.6 Å². The zero-order valence-electron chi connectivity index (χ0n) is 14.9. The average Bonchev–Trinajstić information content (AvgIpc) is 3.25. The van der Waals surface area contributed by atoms with Gasteiger partial charge in [0, 0.05) is 51.8 Å². The fourth-order valence-electron chi connectivity index (χ4n) is 4.01. The van der Waals surface area contributed by atoms with E-state index in [1.54, 1.807) is 17.1 Å². The minimum atomic E-state index is -0.0758. The molecule has 2 aliphatic heterocycles. The Morgan fingerprint density at radius 1 is 1.31 bits per heavy atom. The highest BCUT2D eigenvalue weighted by Gasteiger charge is 2.44. The van der Waals surface area contributed by atoms with Crippen LogP contribution in [0.25, 0.3) is 0 Å². The van der Waals surface area contributed by atoms with Crippen molar-refractivity contribution >= 4 is 11.8 Å². The predicted octanol–water partition coefficient (Wildman–Crippen LogP) is 0.865. The lowest BCUT2D eigenvalue weighted by Gasteiger charge is -2.33. The van der Waals surface area contributed by atoms with Gasteiger partial charge in [-0.2, -0.15) is 5.10 Å². The van der Waals surface area contributed by atoms with Crippen LogP contribution < -0.4 is 0 Å². The van der Waals surface area contributed by atoms with Crippen LogP contribution in [0.15, 0.2) is 36.8 Å². The van der Waals surface area contributed by atoms with Gasteiger partial charge in [0.05, 0.1) is 18.0 Å². The Hall–Kier alpha value is -2.70. The molecule has 0 saturated carbocycles. The zero-order valence-corrected chi connectivity index (χ0v) is 14.9. The van der Waals surface area contributed by atoms with E-state index < -0.39 is 0 Å². The SMILES string of the molecule is Cn1ccc(CC(=O)N2C[C@H]3CCN(Cc4cccnc4)C(=O)[C@@H]3C2)n1. The van der Waals surface area contributed by atoms with Crippen LogP contribution in [0, 0.1) is 11.8 Å². The van der Waals surface area contributed by atoms with E-state index in [0.29, 0.717) is 26.1 Å². The number of piperidine rings is 1. The molecule has 2 aromatic heterocycles. The van der Waals surface area contributed by atoms with E-state index in [9.17, 15) is 9.59 Å². The largest absolute Gasteiger partial charge is 0.341 e. The molecule has 2 aromatic rings. The summed E-state index contributed by atoms with van der Waals surface area (Å²) >= 11 is 0. The molecule has 0 bridgehead atoms. The second kappa shape index (κ2) is 6.90. The van der Waals surface area contributed by atoms with Gasteiger partial charge in [-0.25, -0.2) is 0 Å². The van der Waals surface area contributed by atoms with Crippen molar-refractivity contribution in [3.05, 3.63) is 48.0 Å². The van der Waals surface area contributed by atoms with E-state index in [4.69, 9.17) is 0 Å². The highest BCUT2D eigenvalue weighted by Crippen LogP contribution is 2.33. The highest BCUT2D eigenvalue weighted by atomic mass is 16.2. The van der Waals surface area contributed by atoms with Gasteiger partial charge in [-0.05, 0) is 30.0 Å². The monoisotopic (exact) mass is 353 g/mol. The summed E-state index contributed by atoms with van der Waals surface area (Å²) in [4.78, 5) is 33.4. The van der Waals surface area contributed by atoms with E-state index in [-0.39, 0.29) is 23.7 Å². The second-order valence-corrected chi connectivity index (χ2v) is 7.23. The first-order chi connectivity index (χ1) is 12.6. The number of carbonyl (C=O) groups is 2. The summed E-state index contributed by atoms with van der Waals surface area (Å²) in [6.45, 7) is 2.55. The van der Waals surface area contributed by atoms with Crippen molar-refractivity contribution in [3.63, 3.8) is 0 Å². The molecule has 4 heterocycles. The van der Waals surface area contributed by atoms with Gasteiger partial charge in [-0.3, -0.25) is 19.3 Å². The number of hydrogen-bond acceptors (Lipinski definition) is 4. The molecule has 2 atom stereocenters. The summed E-state index contributed by atoms with van der Waals surface area (Å²) in [6.07, 6.45) is 6.63. The number of aromatic nitrogens is 3. The first-order valence-electron chi connectivity index (χ1n) is 9.04. The lowest BCUT2D eigenvalue weighted by atomic mass is 9.88. The minimum absolute atomic E-state index is 0.0599. The van der Waals surface area contributed by atoms with E-state index >= 15 is 0 Å². The number of nitrogens with zero attached hydrogens (tertiary/aromatic N) is 5. The quantitative estimate of drug-likeness (QED) is 0.818. The van der Waals surface area contributed by atoms with Crippen molar-refractivity contribution in [1.82, 2.24) is 24.6 Å². The van der Waals surface area contributed by atoms with Crippen molar-refractivity contribution in [3.8, 4) is 0 Å².